The van der Waals surface area contributed by atoms with Gasteiger partial charge in [-0.05, 0) is 26.7 Å². The van der Waals surface area contributed by atoms with Gasteiger partial charge in [-0.3, -0.25) is 4.90 Å². The Balaban J connectivity index is 1.80. The highest BCUT2D eigenvalue weighted by molar-refractivity contribution is 5.64. The average Bonchev–Trinajstić information content (AvgIpc) is 2.88. The lowest BCUT2D eigenvalue weighted by Gasteiger charge is -2.37. The number of ether oxygens (including phenoxy) is 2. The zero-order chi connectivity index (χ0) is 11.8. The van der Waals surface area contributed by atoms with Crippen molar-refractivity contribution in [3.63, 3.8) is 0 Å². The molecule has 5 heteroatoms. The van der Waals surface area contributed by atoms with Crippen LogP contribution in [0.1, 0.15) is 26.7 Å². The van der Waals surface area contributed by atoms with Gasteiger partial charge in [-0.2, -0.15) is 0 Å². The van der Waals surface area contributed by atoms with Crippen molar-refractivity contribution in [2.45, 2.75) is 44.4 Å². The molecule has 0 aromatic carbocycles. The fourth-order valence-corrected chi connectivity index (χ4v) is 2.33. The molecule has 0 saturated carbocycles. The molecule has 2 aliphatic heterocycles. The Hall–Kier alpha value is -0.810. The quantitative estimate of drug-likeness (QED) is 0.723. The molecule has 3 unspecified atom stereocenters. The van der Waals surface area contributed by atoms with Gasteiger partial charge in [-0.1, -0.05) is 0 Å². The second-order valence-electron chi connectivity index (χ2n) is 5.14. The monoisotopic (exact) mass is 228 g/mol. The van der Waals surface area contributed by atoms with Crippen LogP contribution in [0.5, 0.6) is 0 Å². The van der Waals surface area contributed by atoms with E-state index in [0.717, 1.165) is 32.5 Å². The first-order valence-electron chi connectivity index (χ1n) is 5.83. The molecule has 0 spiro atoms. The summed E-state index contributed by atoms with van der Waals surface area (Å²) >= 11 is 0. The molecule has 2 fully saturated rings. The van der Waals surface area contributed by atoms with Crippen LogP contribution in [0.25, 0.3) is 0 Å². The first kappa shape index (κ1) is 11.7. The molecule has 3 atom stereocenters. The maximum absolute atomic E-state index is 10.7. The van der Waals surface area contributed by atoms with E-state index in [0.29, 0.717) is 6.04 Å². The summed E-state index contributed by atoms with van der Waals surface area (Å²) in [7, 11) is 0. The highest BCUT2D eigenvalue weighted by atomic mass is 16.6. The summed E-state index contributed by atoms with van der Waals surface area (Å²) in [4.78, 5) is 13.1. The Kier molecular flexibility index (Phi) is 3.08. The zero-order valence-electron chi connectivity index (χ0n) is 9.94. The van der Waals surface area contributed by atoms with Crippen molar-refractivity contribution >= 4 is 6.09 Å². The lowest BCUT2D eigenvalue weighted by Crippen LogP contribution is -2.47. The minimum absolute atomic E-state index is 0.0170. The maximum Gasteiger partial charge on any atom is 0.404 e. The summed E-state index contributed by atoms with van der Waals surface area (Å²) in [5.41, 5.74) is 5.08. The van der Waals surface area contributed by atoms with Gasteiger partial charge >= 0.3 is 6.09 Å². The lowest BCUT2D eigenvalue weighted by molar-refractivity contribution is 0.0234. The van der Waals surface area contributed by atoms with Crippen molar-refractivity contribution in [1.82, 2.24) is 4.90 Å². The number of nitrogens with zero attached hydrogens (tertiary/aromatic N) is 1. The number of hydrogen-bond donors (Lipinski definition) is 1. The predicted molar refractivity (Wildman–Crippen MR) is 59.1 cm³/mol. The second kappa shape index (κ2) is 4.22. The van der Waals surface area contributed by atoms with E-state index >= 15 is 0 Å². The molecule has 2 N–H and O–H groups in total. The first-order chi connectivity index (χ1) is 7.48. The molecular weight excluding hydrogens is 208 g/mol. The Morgan fingerprint density at radius 3 is 2.88 bits per heavy atom. The first-order valence-corrected chi connectivity index (χ1v) is 5.83. The zero-order valence-corrected chi connectivity index (χ0v) is 9.94. The number of likely N-dealkylation sites (tertiary alicyclic amines) is 1. The SMILES string of the molecule is CC1CC(OC(N)=O)CCN1CC1(C)CO1. The van der Waals surface area contributed by atoms with E-state index in [1.807, 2.05) is 0 Å². The Labute approximate surface area is 95.9 Å². The molecule has 0 aliphatic carbocycles. The number of carbonyl (C=O) groups excluding carboxylic acids is 1. The van der Waals surface area contributed by atoms with E-state index in [2.05, 4.69) is 18.7 Å². The number of nitrogens with two attached hydrogens (primary N) is 1. The standard InChI is InChI=1S/C11H20N2O3/c1-8-5-9(16-10(12)14)3-4-13(8)6-11(2)7-15-11/h8-9H,3-7H2,1-2H3,(H2,12,14). The number of amides is 1. The van der Waals surface area contributed by atoms with Crippen LogP contribution < -0.4 is 5.73 Å². The van der Waals surface area contributed by atoms with Crippen LogP contribution in [0, 0.1) is 0 Å². The molecule has 0 aromatic rings. The van der Waals surface area contributed by atoms with Crippen LogP contribution in [0.3, 0.4) is 0 Å². The summed E-state index contributed by atoms with van der Waals surface area (Å²) in [5, 5.41) is 0. The van der Waals surface area contributed by atoms with Gasteiger partial charge < -0.3 is 15.2 Å². The summed E-state index contributed by atoms with van der Waals surface area (Å²) in [6, 6.07) is 0.416. The smallest absolute Gasteiger partial charge is 0.404 e. The number of piperidine rings is 1. The molecule has 1 amide bonds. The fourth-order valence-electron chi connectivity index (χ4n) is 2.33. The van der Waals surface area contributed by atoms with E-state index in [4.69, 9.17) is 15.2 Å². The van der Waals surface area contributed by atoms with Gasteiger partial charge in [0.1, 0.15) is 11.7 Å². The van der Waals surface area contributed by atoms with Gasteiger partial charge in [-0.15, -0.1) is 0 Å². The van der Waals surface area contributed by atoms with Crippen molar-refractivity contribution in [3.8, 4) is 0 Å². The molecule has 2 heterocycles. The van der Waals surface area contributed by atoms with Gasteiger partial charge in [0.2, 0.25) is 0 Å². The van der Waals surface area contributed by atoms with Crippen LogP contribution in [0.4, 0.5) is 4.79 Å². The predicted octanol–water partition coefficient (Wildman–Crippen LogP) is 0.724. The van der Waals surface area contributed by atoms with E-state index in [9.17, 15) is 4.79 Å². The highest BCUT2D eigenvalue weighted by Crippen LogP contribution is 2.30. The molecule has 5 nitrogen and oxygen atoms in total. The second-order valence-corrected chi connectivity index (χ2v) is 5.14. The van der Waals surface area contributed by atoms with Gasteiger partial charge in [0.05, 0.1) is 6.61 Å². The number of rotatable bonds is 3. The van der Waals surface area contributed by atoms with Gasteiger partial charge in [0, 0.05) is 19.1 Å². The summed E-state index contributed by atoms with van der Waals surface area (Å²) in [6.07, 6.45) is 1.04. The number of epoxide rings is 1. The molecule has 2 saturated heterocycles. The molecule has 2 rings (SSSR count). The maximum atomic E-state index is 10.7. The topological polar surface area (TPSA) is 68.1 Å². The number of primary amides is 1. The third-order valence-corrected chi connectivity index (χ3v) is 3.42. The van der Waals surface area contributed by atoms with Crippen LogP contribution in [-0.2, 0) is 9.47 Å². The molecule has 2 aliphatic rings. The van der Waals surface area contributed by atoms with Crippen molar-refractivity contribution in [2.75, 3.05) is 19.7 Å². The molecule has 0 aromatic heterocycles. The van der Waals surface area contributed by atoms with Crippen molar-refractivity contribution < 1.29 is 14.3 Å². The van der Waals surface area contributed by atoms with Gasteiger partial charge in [0.15, 0.2) is 0 Å². The third kappa shape index (κ3) is 2.86. The number of carbonyl (C=O) groups is 1. The van der Waals surface area contributed by atoms with E-state index in [-0.39, 0.29) is 11.7 Å². The Morgan fingerprint density at radius 1 is 1.69 bits per heavy atom. The molecular formula is C11H20N2O3. The molecule has 0 radical (unpaired) electrons. The van der Waals surface area contributed by atoms with Crippen molar-refractivity contribution in [3.05, 3.63) is 0 Å². The van der Waals surface area contributed by atoms with E-state index in [1.165, 1.54) is 0 Å². The summed E-state index contributed by atoms with van der Waals surface area (Å²) in [5.74, 6) is 0. The van der Waals surface area contributed by atoms with E-state index in [1.54, 1.807) is 0 Å². The normalized spacial score (nSPS) is 39.4. The van der Waals surface area contributed by atoms with Crippen molar-refractivity contribution in [2.24, 2.45) is 5.73 Å². The third-order valence-electron chi connectivity index (χ3n) is 3.42. The molecule has 92 valence electrons. The van der Waals surface area contributed by atoms with E-state index < -0.39 is 6.09 Å². The largest absolute Gasteiger partial charge is 0.446 e. The molecule has 0 bridgehead atoms. The van der Waals surface area contributed by atoms with Crippen LogP contribution in [0.2, 0.25) is 0 Å². The Morgan fingerprint density at radius 2 is 2.38 bits per heavy atom. The summed E-state index contributed by atoms with van der Waals surface area (Å²) < 4.78 is 10.4. The van der Waals surface area contributed by atoms with Gasteiger partial charge in [-0.25, -0.2) is 4.79 Å². The van der Waals surface area contributed by atoms with Crippen LogP contribution in [0.15, 0.2) is 0 Å². The summed E-state index contributed by atoms with van der Waals surface area (Å²) in [6.45, 7) is 7.06. The fraction of sp³-hybridized carbons (Fsp3) is 0.909. The minimum atomic E-state index is -0.664. The minimum Gasteiger partial charge on any atom is -0.446 e. The Bertz CT molecular complexity index is 278. The molecule has 16 heavy (non-hydrogen) atoms. The lowest BCUT2D eigenvalue weighted by atomic mass is 9.99. The van der Waals surface area contributed by atoms with Gasteiger partial charge in [0.25, 0.3) is 0 Å². The van der Waals surface area contributed by atoms with Crippen LogP contribution >= 0.6 is 0 Å². The number of hydrogen-bond acceptors (Lipinski definition) is 4. The average molecular weight is 228 g/mol. The van der Waals surface area contributed by atoms with Crippen LogP contribution in [-0.4, -0.2) is 48.4 Å². The highest BCUT2D eigenvalue weighted by Gasteiger charge is 2.42. The van der Waals surface area contributed by atoms with Crippen molar-refractivity contribution in [1.29, 1.82) is 0 Å².